The largest absolute Gasteiger partial charge is 0.243 e. The first-order valence-corrected chi connectivity index (χ1v) is 7.75. The molecular formula is C14H20N2O2S. The van der Waals surface area contributed by atoms with Gasteiger partial charge >= 0.3 is 0 Å². The van der Waals surface area contributed by atoms with Crippen molar-refractivity contribution in [3.05, 3.63) is 29.8 Å². The van der Waals surface area contributed by atoms with Crippen LogP contribution in [0.4, 0.5) is 0 Å². The third-order valence-electron chi connectivity index (χ3n) is 2.71. The molecule has 0 aliphatic heterocycles. The van der Waals surface area contributed by atoms with Gasteiger partial charge in [-0.05, 0) is 44.0 Å². The Balaban J connectivity index is 3.15. The second-order valence-corrected chi connectivity index (χ2v) is 7.09. The van der Waals surface area contributed by atoms with Gasteiger partial charge in [0.1, 0.15) is 0 Å². The normalized spacial score (nSPS) is 12.1. The molecule has 1 aromatic carbocycles. The van der Waals surface area contributed by atoms with Gasteiger partial charge in [-0.25, -0.2) is 8.42 Å². The first kappa shape index (κ1) is 15.7. The summed E-state index contributed by atoms with van der Waals surface area (Å²) >= 11 is 0. The van der Waals surface area contributed by atoms with Gasteiger partial charge in [-0.1, -0.05) is 13.8 Å². The van der Waals surface area contributed by atoms with E-state index in [9.17, 15) is 8.42 Å². The molecule has 4 nitrogen and oxygen atoms in total. The second kappa shape index (κ2) is 6.18. The van der Waals surface area contributed by atoms with Crippen molar-refractivity contribution >= 4 is 10.0 Å². The van der Waals surface area contributed by atoms with Crippen LogP contribution in [0.3, 0.4) is 0 Å². The Morgan fingerprint density at radius 2 is 1.68 bits per heavy atom. The van der Waals surface area contributed by atoms with E-state index < -0.39 is 10.0 Å². The van der Waals surface area contributed by atoms with E-state index in [1.54, 1.807) is 0 Å². The van der Waals surface area contributed by atoms with Crippen molar-refractivity contribution in [1.29, 1.82) is 5.26 Å². The summed E-state index contributed by atoms with van der Waals surface area (Å²) in [5.41, 5.74) is 0.457. The number of hydrogen-bond donors (Lipinski definition) is 0. The molecule has 104 valence electrons. The number of nitriles is 1. The summed E-state index contributed by atoms with van der Waals surface area (Å²) in [5, 5.41) is 8.74. The van der Waals surface area contributed by atoms with E-state index in [1.165, 1.54) is 28.6 Å². The topological polar surface area (TPSA) is 61.2 Å². The fourth-order valence-electron chi connectivity index (χ4n) is 1.78. The van der Waals surface area contributed by atoms with Crippen LogP contribution in [-0.2, 0) is 10.0 Å². The van der Waals surface area contributed by atoms with Crippen LogP contribution in [0.2, 0.25) is 0 Å². The monoisotopic (exact) mass is 280 g/mol. The van der Waals surface area contributed by atoms with Crippen LogP contribution in [-0.4, -0.2) is 25.3 Å². The van der Waals surface area contributed by atoms with Gasteiger partial charge in [0.05, 0.1) is 16.5 Å². The number of nitrogens with zero attached hydrogens (tertiary/aromatic N) is 2. The van der Waals surface area contributed by atoms with Gasteiger partial charge in [0, 0.05) is 12.6 Å². The zero-order valence-electron chi connectivity index (χ0n) is 11.8. The maximum Gasteiger partial charge on any atom is 0.243 e. The molecule has 0 aliphatic rings. The van der Waals surface area contributed by atoms with E-state index in [-0.39, 0.29) is 16.9 Å². The first-order valence-electron chi connectivity index (χ1n) is 6.31. The van der Waals surface area contributed by atoms with Crippen molar-refractivity contribution in [1.82, 2.24) is 4.31 Å². The van der Waals surface area contributed by atoms with Gasteiger partial charge in [0.2, 0.25) is 10.0 Å². The van der Waals surface area contributed by atoms with Crippen molar-refractivity contribution in [2.75, 3.05) is 6.54 Å². The summed E-state index contributed by atoms with van der Waals surface area (Å²) in [6, 6.07) is 7.92. The molecule has 0 N–H and O–H groups in total. The molecule has 19 heavy (non-hydrogen) atoms. The van der Waals surface area contributed by atoms with Crippen molar-refractivity contribution in [3.63, 3.8) is 0 Å². The minimum atomic E-state index is -3.50. The standard InChI is InChI=1S/C14H20N2O2S/c1-11(2)10-16(12(3)4)19(17,18)14-7-5-13(9-15)6-8-14/h5-8,11-12H,10H2,1-4H3. The van der Waals surface area contributed by atoms with E-state index in [0.717, 1.165) is 0 Å². The summed E-state index contributed by atoms with van der Waals surface area (Å²) in [7, 11) is -3.50. The molecule has 0 spiro atoms. The van der Waals surface area contributed by atoms with Crippen LogP contribution in [0, 0.1) is 17.2 Å². The summed E-state index contributed by atoms with van der Waals surface area (Å²) < 4.78 is 26.6. The van der Waals surface area contributed by atoms with Crippen molar-refractivity contribution in [2.45, 2.75) is 38.6 Å². The molecule has 0 fully saturated rings. The van der Waals surface area contributed by atoms with Crippen LogP contribution in [0.5, 0.6) is 0 Å². The molecule has 0 aliphatic carbocycles. The fourth-order valence-corrected chi connectivity index (χ4v) is 3.58. The van der Waals surface area contributed by atoms with Gasteiger partial charge in [0.25, 0.3) is 0 Å². The molecule has 0 atom stereocenters. The van der Waals surface area contributed by atoms with Crippen LogP contribution < -0.4 is 0 Å². The highest BCUT2D eigenvalue weighted by Crippen LogP contribution is 2.20. The number of benzene rings is 1. The molecule has 1 aromatic rings. The third-order valence-corrected chi connectivity index (χ3v) is 4.77. The van der Waals surface area contributed by atoms with Crippen molar-refractivity contribution in [3.8, 4) is 6.07 Å². The molecule has 1 rings (SSSR count). The Morgan fingerprint density at radius 3 is 2.05 bits per heavy atom. The summed E-state index contributed by atoms with van der Waals surface area (Å²) in [4.78, 5) is 0.237. The summed E-state index contributed by atoms with van der Waals surface area (Å²) in [6.07, 6.45) is 0. The lowest BCUT2D eigenvalue weighted by Gasteiger charge is -2.27. The molecule has 0 saturated carbocycles. The van der Waals surface area contributed by atoms with Crippen molar-refractivity contribution in [2.24, 2.45) is 5.92 Å². The number of hydrogen-bond acceptors (Lipinski definition) is 3. The summed E-state index contributed by atoms with van der Waals surface area (Å²) in [6.45, 7) is 8.19. The highest BCUT2D eigenvalue weighted by Gasteiger charge is 2.27. The first-order chi connectivity index (χ1) is 8.78. The van der Waals surface area contributed by atoms with E-state index >= 15 is 0 Å². The lowest BCUT2D eigenvalue weighted by atomic mass is 10.2. The van der Waals surface area contributed by atoms with Crippen molar-refractivity contribution < 1.29 is 8.42 Å². The van der Waals surface area contributed by atoms with E-state index in [1.807, 2.05) is 33.8 Å². The van der Waals surface area contributed by atoms with Gasteiger partial charge in [-0.3, -0.25) is 0 Å². The minimum Gasteiger partial charge on any atom is -0.207 e. The van der Waals surface area contributed by atoms with Crippen LogP contribution >= 0.6 is 0 Å². The second-order valence-electron chi connectivity index (χ2n) is 5.20. The summed E-state index contributed by atoms with van der Waals surface area (Å²) in [5.74, 6) is 0.260. The quantitative estimate of drug-likeness (QED) is 0.833. The lowest BCUT2D eigenvalue weighted by molar-refractivity contribution is 0.319. The Bertz CT molecular complexity index is 554. The van der Waals surface area contributed by atoms with E-state index in [4.69, 9.17) is 5.26 Å². The van der Waals surface area contributed by atoms with Gasteiger partial charge in [-0.2, -0.15) is 9.57 Å². The molecule has 0 radical (unpaired) electrons. The van der Waals surface area contributed by atoms with Crippen LogP contribution in [0.25, 0.3) is 0 Å². The predicted molar refractivity (Wildman–Crippen MR) is 75.0 cm³/mol. The van der Waals surface area contributed by atoms with Gasteiger partial charge in [-0.15, -0.1) is 0 Å². The van der Waals surface area contributed by atoms with E-state index in [2.05, 4.69) is 0 Å². The Morgan fingerprint density at radius 1 is 1.16 bits per heavy atom. The molecule has 0 amide bonds. The third kappa shape index (κ3) is 3.79. The Hall–Kier alpha value is -1.38. The zero-order chi connectivity index (χ0) is 14.6. The Kier molecular flexibility index (Phi) is 5.10. The molecular weight excluding hydrogens is 260 g/mol. The highest BCUT2D eigenvalue weighted by atomic mass is 32.2. The Labute approximate surface area is 115 Å². The minimum absolute atomic E-state index is 0.0944. The number of sulfonamides is 1. The molecule has 0 unspecified atom stereocenters. The van der Waals surface area contributed by atoms with Crippen LogP contribution in [0.1, 0.15) is 33.3 Å². The average molecular weight is 280 g/mol. The smallest absolute Gasteiger partial charge is 0.207 e. The molecule has 0 heterocycles. The maximum absolute atomic E-state index is 12.6. The molecule has 0 bridgehead atoms. The fraction of sp³-hybridized carbons (Fsp3) is 0.500. The van der Waals surface area contributed by atoms with Crippen LogP contribution in [0.15, 0.2) is 29.2 Å². The van der Waals surface area contributed by atoms with Gasteiger partial charge < -0.3 is 0 Å². The zero-order valence-corrected chi connectivity index (χ0v) is 12.6. The maximum atomic E-state index is 12.6. The predicted octanol–water partition coefficient (Wildman–Crippen LogP) is 2.61. The molecule has 5 heteroatoms. The van der Waals surface area contributed by atoms with E-state index in [0.29, 0.717) is 12.1 Å². The highest BCUT2D eigenvalue weighted by molar-refractivity contribution is 7.89. The molecule has 0 aromatic heterocycles. The lowest BCUT2D eigenvalue weighted by Crippen LogP contribution is -2.39. The average Bonchev–Trinajstić information content (AvgIpc) is 2.35. The van der Waals surface area contributed by atoms with Gasteiger partial charge in [0.15, 0.2) is 0 Å². The SMILES string of the molecule is CC(C)CN(C(C)C)S(=O)(=O)c1ccc(C#N)cc1. The molecule has 0 saturated heterocycles. The number of rotatable bonds is 5.